The van der Waals surface area contributed by atoms with Crippen LogP contribution in [0.25, 0.3) is 10.8 Å². The summed E-state index contributed by atoms with van der Waals surface area (Å²) in [5, 5.41) is 11.6. The Labute approximate surface area is 174 Å². The Morgan fingerprint density at radius 1 is 0.862 bits per heavy atom. The molecule has 158 valence electrons. The van der Waals surface area contributed by atoms with E-state index in [0.29, 0.717) is 12.1 Å². The Morgan fingerprint density at radius 3 is 2.07 bits per heavy atom. The molecule has 2 rings (SSSR count). The summed E-state index contributed by atoms with van der Waals surface area (Å²) in [7, 11) is 0. The third kappa shape index (κ3) is 7.19. The number of amides is 1. The second-order valence-electron chi connectivity index (χ2n) is 7.89. The summed E-state index contributed by atoms with van der Waals surface area (Å²) in [5.41, 5.74) is 0.652. The molecule has 0 aromatic heterocycles. The number of nitrogens with zero attached hydrogens (tertiary/aromatic N) is 1. The fourth-order valence-corrected chi connectivity index (χ4v) is 3.73. The number of carbonyl (C=O) groups excluding carboxylic acids is 1. The molecule has 1 atom stereocenters. The Hall–Kier alpha value is -2.36. The Bertz CT molecular complexity index is 786. The number of anilines is 1. The molecule has 0 heterocycles. The molecule has 0 fully saturated rings. The lowest BCUT2D eigenvalue weighted by molar-refractivity contribution is -0.139. The summed E-state index contributed by atoms with van der Waals surface area (Å²) in [5.74, 6) is -1.10. The van der Waals surface area contributed by atoms with Crippen LogP contribution in [0.2, 0.25) is 0 Å². The molecule has 0 aliphatic carbocycles. The summed E-state index contributed by atoms with van der Waals surface area (Å²) in [6.07, 6.45) is 11.1. The molecule has 0 saturated heterocycles. The number of carboxylic acids is 1. The van der Waals surface area contributed by atoms with Gasteiger partial charge in [-0.15, -0.1) is 0 Å². The predicted molar refractivity (Wildman–Crippen MR) is 120 cm³/mol. The number of carboxylic acid groups (broad SMARTS) is 1. The first-order valence-electron chi connectivity index (χ1n) is 11.1. The average Bonchev–Trinajstić information content (AvgIpc) is 2.72. The van der Waals surface area contributed by atoms with Gasteiger partial charge in [-0.2, -0.15) is 0 Å². The molecule has 0 aliphatic rings. The maximum atomic E-state index is 12.9. The van der Waals surface area contributed by atoms with E-state index in [0.717, 1.165) is 30.0 Å². The third-order valence-electron chi connectivity index (χ3n) is 5.52. The molecule has 0 saturated carbocycles. The first kappa shape index (κ1) is 22.9. The van der Waals surface area contributed by atoms with E-state index in [-0.39, 0.29) is 5.91 Å². The SMILES string of the molecule is CCCCCCCCCCCC(=O)N(c1ccc2ccccc2c1)C(C)C(=O)O. The van der Waals surface area contributed by atoms with E-state index in [1.807, 2.05) is 42.5 Å². The van der Waals surface area contributed by atoms with E-state index in [9.17, 15) is 14.7 Å². The zero-order chi connectivity index (χ0) is 21.1. The van der Waals surface area contributed by atoms with Crippen LogP contribution >= 0.6 is 0 Å². The number of hydrogen-bond donors (Lipinski definition) is 1. The minimum Gasteiger partial charge on any atom is -0.480 e. The van der Waals surface area contributed by atoms with Crippen molar-refractivity contribution in [2.24, 2.45) is 0 Å². The predicted octanol–water partition coefficient (Wildman–Crippen LogP) is 6.57. The molecule has 0 radical (unpaired) electrons. The van der Waals surface area contributed by atoms with E-state index in [1.165, 1.54) is 43.4 Å². The van der Waals surface area contributed by atoms with Gasteiger partial charge in [-0.25, -0.2) is 4.79 Å². The molecule has 2 aromatic rings. The van der Waals surface area contributed by atoms with Crippen LogP contribution in [0, 0.1) is 0 Å². The van der Waals surface area contributed by atoms with Gasteiger partial charge in [0.15, 0.2) is 0 Å². The molecule has 4 heteroatoms. The largest absolute Gasteiger partial charge is 0.480 e. The first-order chi connectivity index (χ1) is 14.0. The second-order valence-corrected chi connectivity index (χ2v) is 7.89. The van der Waals surface area contributed by atoms with E-state index in [4.69, 9.17) is 0 Å². The topological polar surface area (TPSA) is 57.6 Å². The number of fused-ring (bicyclic) bond motifs is 1. The van der Waals surface area contributed by atoms with Crippen LogP contribution in [0.1, 0.15) is 78.1 Å². The summed E-state index contributed by atoms with van der Waals surface area (Å²) in [6, 6.07) is 12.7. The van der Waals surface area contributed by atoms with Crippen molar-refractivity contribution in [3.63, 3.8) is 0 Å². The Balaban J connectivity index is 1.92. The fraction of sp³-hybridized carbons (Fsp3) is 0.520. The Kier molecular flexibility index (Phi) is 9.69. The van der Waals surface area contributed by atoms with Crippen LogP contribution in [0.5, 0.6) is 0 Å². The molecule has 0 bridgehead atoms. The zero-order valence-corrected chi connectivity index (χ0v) is 17.9. The molecule has 0 aliphatic heterocycles. The summed E-state index contributed by atoms with van der Waals surface area (Å²) < 4.78 is 0. The number of unbranched alkanes of at least 4 members (excludes halogenated alkanes) is 8. The molecule has 1 amide bonds. The lowest BCUT2D eigenvalue weighted by atomic mass is 10.1. The molecule has 1 unspecified atom stereocenters. The van der Waals surface area contributed by atoms with Crippen molar-refractivity contribution in [1.82, 2.24) is 0 Å². The van der Waals surface area contributed by atoms with Gasteiger partial charge in [0.25, 0.3) is 0 Å². The van der Waals surface area contributed by atoms with Crippen molar-refractivity contribution < 1.29 is 14.7 Å². The molecule has 1 N–H and O–H groups in total. The van der Waals surface area contributed by atoms with Crippen molar-refractivity contribution in [2.45, 2.75) is 84.1 Å². The smallest absolute Gasteiger partial charge is 0.326 e. The quantitative estimate of drug-likeness (QED) is 0.389. The van der Waals surface area contributed by atoms with Crippen LogP contribution in [0.3, 0.4) is 0 Å². The lowest BCUT2D eigenvalue weighted by Gasteiger charge is -2.27. The fourth-order valence-electron chi connectivity index (χ4n) is 3.73. The van der Waals surface area contributed by atoms with Crippen LogP contribution in [-0.4, -0.2) is 23.0 Å². The monoisotopic (exact) mass is 397 g/mol. The molecule has 4 nitrogen and oxygen atoms in total. The van der Waals surface area contributed by atoms with Gasteiger partial charge in [0.2, 0.25) is 5.91 Å². The van der Waals surface area contributed by atoms with Crippen LogP contribution in [-0.2, 0) is 9.59 Å². The standard InChI is InChI=1S/C25H35NO3/c1-3-4-5-6-7-8-9-10-11-16-24(27)26(20(2)25(28)29)23-18-17-21-14-12-13-15-22(21)19-23/h12-15,17-20H,3-11,16H2,1-2H3,(H,28,29). The molecular formula is C25H35NO3. The van der Waals surface area contributed by atoms with Crippen molar-refractivity contribution >= 4 is 28.3 Å². The number of aliphatic carboxylic acids is 1. The van der Waals surface area contributed by atoms with Gasteiger partial charge in [-0.1, -0.05) is 88.6 Å². The minimum atomic E-state index is -0.987. The van der Waals surface area contributed by atoms with Crippen LogP contribution < -0.4 is 4.90 Å². The van der Waals surface area contributed by atoms with Gasteiger partial charge in [-0.05, 0) is 36.2 Å². The van der Waals surface area contributed by atoms with E-state index in [2.05, 4.69) is 6.92 Å². The van der Waals surface area contributed by atoms with Crippen molar-refractivity contribution in [1.29, 1.82) is 0 Å². The average molecular weight is 398 g/mol. The van der Waals surface area contributed by atoms with E-state index in [1.54, 1.807) is 6.92 Å². The second kappa shape index (κ2) is 12.3. The highest BCUT2D eigenvalue weighted by Crippen LogP contribution is 2.25. The molecule has 2 aromatic carbocycles. The summed E-state index contributed by atoms with van der Waals surface area (Å²) in [6.45, 7) is 3.80. The van der Waals surface area contributed by atoms with Gasteiger partial charge >= 0.3 is 5.97 Å². The Morgan fingerprint density at radius 2 is 1.45 bits per heavy atom. The highest BCUT2D eigenvalue weighted by molar-refractivity contribution is 6.00. The molecule has 0 spiro atoms. The van der Waals surface area contributed by atoms with Gasteiger partial charge in [0.05, 0.1) is 0 Å². The van der Waals surface area contributed by atoms with Gasteiger partial charge in [0, 0.05) is 12.1 Å². The minimum absolute atomic E-state index is 0.113. The van der Waals surface area contributed by atoms with Crippen molar-refractivity contribution in [2.75, 3.05) is 4.90 Å². The summed E-state index contributed by atoms with van der Waals surface area (Å²) in [4.78, 5) is 26.0. The molecule has 29 heavy (non-hydrogen) atoms. The van der Waals surface area contributed by atoms with E-state index < -0.39 is 12.0 Å². The summed E-state index contributed by atoms with van der Waals surface area (Å²) >= 11 is 0. The number of rotatable bonds is 13. The highest BCUT2D eigenvalue weighted by atomic mass is 16.4. The maximum absolute atomic E-state index is 12.9. The van der Waals surface area contributed by atoms with Crippen LogP contribution in [0.4, 0.5) is 5.69 Å². The van der Waals surface area contributed by atoms with Crippen molar-refractivity contribution in [3.8, 4) is 0 Å². The lowest BCUT2D eigenvalue weighted by Crippen LogP contribution is -2.43. The van der Waals surface area contributed by atoms with Crippen LogP contribution in [0.15, 0.2) is 42.5 Å². The highest BCUT2D eigenvalue weighted by Gasteiger charge is 2.26. The van der Waals surface area contributed by atoms with Gasteiger partial charge < -0.3 is 5.11 Å². The number of benzene rings is 2. The normalized spacial score (nSPS) is 12.1. The van der Waals surface area contributed by atoms with Crippen molar-refractivity contribution in [3.05, 3.63) is 42.5 Å². The zero-order valence-electron chi connectivity index (χ0n) is 17.9. The van der Waals surface area contributed by atoms with Gasteiger partial charge in [0.1, 0.15) is 6.04 Å². The van der Waals surface area contributed by atoms with Gasteiger partial charge in [-0.3, -0.25) is 9.69 Å². The number of carbonyl (C=O) groups is 2. The maximum Gasteiger partial charge on any atom is 0.326 e. The third-order valence-corrected chi connectivity index (χ3v) is 5.52. The van der Waals surface area contributed by atoms with E-state index >= 15 is 0 Å². The first-order valence-corrected chi connectivity index (χ1v) is 11.1. The number of hydrogen-bond acceptors (Lipinski definition) is 2. The molecular weight excluding hydrogens is 362 g/mol.